The fourth-order valence-corrected chi connectivity index (χ4v) is 2.66. The van der Waals surface area contributed by atoms with Crippen molar-refractivity contribution in [3.8, 4) is 5.75 Å². The maximum atomic E-state index is 11.4. The van der Waals surface area contributed by atoms with Crippen molar-refractivity contribution in [2.45, 2.75) is 0 Å². The van der Waals surface area contributed by atoms with Crippen LogP contribution >= 0.6 is 15.9 Å². The molecule has 2 aliphatic heterocycles. The van der Waals surface area contributed by atoms with Gasteiger partial charge in [0.2, 0.25) is 0 Å². The number of ether oxygens (including phenoxy) is 1. The Labute approximate surface area is 112 Å². The van der Waals surface area contributed by atoms with Gasteiger partial charge in [-0.05, 0) is 28.1 Å². The number of nitrogens with one attached hydrogen (secondary N) is 1. The van der Waals surface area contributed by atoms with Gasteiger partial charge >= 0.3 is 0 Å². The number of benzene rings is 1. The summed E-state index contributed by atoms with van der Waals surface area (Å²) < 4.78 is 6.10. The molecule has 1 amide bonds. The average Bonchev–Trinajstić information content (AvgIpc) is 2.77. The van der Waals surface area contributed by atoms with Crippen LogP contribution in [0.15, 0.2) is 21.6 Å². The smallest absolute Gasteiger partial charge is 0.262 e. The fourth-order valence-electron chi connectivity index (χ4n) is 2.02. The summed E-state index contributed by atoms with van der Waals surface area (Å²) in [5, 5.41) is 2.79. The second kappa shape index (κ2) is 4.16. The third-order valence-corrected chi connectivity index (χ3v) is 3.67. The van der Waals surface area contributed by atoms with Crippen molar-refractivity contribution in [3.63, 3.8) is 0 Å². The standard InChI is InChI=1S/C11H11BrN4O2/c12-9-6(16-4-3-14-11(16)13)1-2-7-10(9)15-8(17)5-18-7/h1-2H,3-5H2,(H2,13,14)(H,15,17). The Morgan fingerprint density at radius 2 is 2.33 bits per heavy atom. The second-order valence-electron chi connectivity index (χ2n) is 4.00. The molecule has 0 atom stereocenters. The zero-order chi connectivity index (χ0) is 12.7. The van der Waals surface area contributed by atoms with Crippen LogP contribution in [0.25, 0.3) is 0 Å². The Hall–Kier alpha value is -1.76. The quantitative estimate of drug-likeness (QED) is 0.808. The molecular weight excluding hydrogens is 300 g/mol. The van der Waals surface area contributed by atoms with E-state index in [0.29, 0.717) is 23.9 Å². The predicted molar refractivity (Wildman–Crippen MR) is 72.1 cm³/mol. The number of anilines is 2. The van der Waals surface area contributed by atoms with Crippen LogP contribution in [0.5, 0.6) is 5.75 Å². The number of nitrogens with two attached hydrogens (primary N) is 1. The molecule has 0 fully saturated rings. The lowest BCUT2D eigenvalue weighted by atomic mass is 10.2. The SMILES string of the molecule is NC1=NCCN1c1ccc2c(c1Br)NC(=O)CO2. The molecule has 18 heavy (non-hydrogen) atoms. The minimum Gasteiger partial charge on any atom is -0.482 e. The Morgan fingerprint density at radius 1 is 1.50 bits per heavy atom. The number of hydrogen-bond donors (Lipinski definition) is 2. The van der Waals surface area contributed by atoms with Gasteiger partial charge in [0, 0.05) is 6.54 Å². The van der Waals surface area contributed by atoms with Crippen LogP contribution in [0.1, 0.15) is 0 Å². The zero-order valence-electron chi connectivity index (χ0n) is 9.44. The van der Waals surface area contributed by atoms with E-state index in [4.69, 9.17) is 10.5 Å². The summed E-state index contributed by atoms with van der Waals surface area (Å²) in [7, 11) is 0. The molecule has 0 saturated heterocycles. The van der Waals surface area contributed by atoms with E-state index >= 15 is 0 Å². The number of nitrogens with zero attached hydrogens (tertiary/aromatic N) is 2. The molecule has 0 aromatic heterocycles. The van der Waals surface area contributed by atoms with Crippen molar-refractivity contribution in [1.82, 2.24) is 0 Å². The van der Waals surface area contributed by atoms with Gasteiger partial charge in [0.15, 0.2) is 12.6 Å². The Morgan fingerprint density at radius 3 is 3.06 bits per heavy atom. The molecule has 0 bridgehead atoms. The topological polar surface area (TPSA) is 80.0 Å². The van der Waals surface area contributed by atoms with Crippen molar-refractivity contribution in [3.05, 3.63) is 16.6 Å². The summed E-state index contributed by atoms with van der Waals surface area (Å²) in [5.74, 6) is 0.974. The molecule has 2 heterocycles. The molecule has 6 nitrogen and oxygen atoms in total. The molecule has 0 unspecified atom stereocenters. The maximum Gasteiger partial charge on any atom is 0.262 e. The zero-order valence-corrected chi connectivity index (χ0v) is 11.0. The molecule has 7 heteroatoms. The van der Waals surface area contributed by atoms with E-state index in [0.717, 1.165) is 16.7 Å². The van der Waals surface area contributed by atoms with E-state index in [2.05, 4.69) is 26.2 Å². The molecule has 1 aromatic rings. The summed E-state index contributed by atoms with van der Waals surface area (Å²) in [6.45, 7) is 1.46. The van der Waals surface area contributed by atoms with Crippen LogP contribution in [0.2, 0.25) is 0 Å². The lowest BCUT2D eigenvalue weighted by Gasteiger charge is -2.24. The van der Waals surface area contributed by atoms with Crippen LogP contribution in [-0.4, -0.2) is 31.6 Å². The highest BCUT2D eigenvalue weighted by atomic mass is 79.9. The van der Waals surface area contributed by atoms with Gasteiger partial charge < -0.3 is 20.7 Å². The summed E-state index contributed by atoms with van der Waals surface area (Å²) in [4.78, 5) is 17.4. The molecule has 94 valence electrons. The Bertz CT molecular complexity index is 558. The largest absolute Gasteiger partial charge is 0.482 e. The molecule has 0 radical (unpaired) electrons. The van der Waals surface area contributed by atoms with E-state index in [9.17, 15) is 4.79 Å². The van der Waals surface area contributed by atoms with E-state index in [1.807, 2.05) is 17.0 Å². The minimum atomic E-state index is -0.164. The average molecular weight is 311 g/mol. The summed E-state index contributed by atoms with van der Waals surface area (Å²) in [5.41, 5.74) is 7.34. The van der Waals surface area contributed by atoms with E-state index in [-0.39, 0.29) is 12.5 Å². The molecule has 2 aliphatic rings. The van der Waals surface area contributed by atoms with Gasteiger partial charge in [0.05, 0.1) is 16.7 Å². The summed E-state index contributed by atoms with van der Waals surface area (Å²) in [6.07, 6.45) is 0. The lowest BCUT2D eigenvalue weighted by molar-refractivity contribution is -0.118. The maximum absolute atomic E-state index is 11.4. The molecular formula is C11H11BrN4O2. The van der Waals surface area contributed by atoms with E-state index in [1.165, 1.54) is 0 Å². The first-order valence-electron chi connectivity index (χ1n) is 5.49. The fraction of sp³-hybridized carbons (Fsp3) is 0.273. The molecule has 3 rings (SSSR count). The van der Waals surface area contributed by atoms with Crippen LogP contribution in [-0.2, 0) is 4.79 Å². The highest BCUT2D eigenvalue weighted by molar-refractivity contribution is 9.10. The highest BCUT2D eigenvalue weighted by Crippen LogP contribution is 2.41. The van der Waals surface area contributed by atoms with E-state index in [1.54, 1.807) is 0 Å². The number of amides is 1. The van der Waals surface area contributed by atoms with Gasteiger partial charge in [-0.2, -0.15) is 0 Å². The van der Waals surface area contributed by atoms with Crippen molar-refractivity contribution >= 4 is 39.2 Å². The first-order valence-corrected chi connectivity index (χ1v) is 6.29. The van der Waals surface area contributed by atoms with Gasteiger partial charge in [-0.15, -0.1) is 0 Å². The second-order valence-corrected chi connectivity index (χ2v) is 4.79. The molecule has 0 aliphatic carbocycles. The Kier molecular flexibility index (Phi) is 2.62. The van der Waals surface area contributed by atoms with Gasteiger partial charge in [-0.3, -0.25) is 9.79 Å². The van der Waals surface area contributed by atoms with Crippen molar-refractivity contribution in [2.75, 3.05) is 29.9 Å². The van der Waals surface area contributed by atoms with Crippen LogP contribution in [0.4, 0.5) is 11.4 Å². The monoisotopic (exact) mass is 310 g/mol. The molecule has 1 aromatic carbocycles. The molecule has 0 spiro atoms. The predicted octanol–water partition coefficient (Wildman–Crippen LogP) is 0.915. The van der Waals surface area contributed by atoms with Gasteiger partial charge in [-0.25, -0.2) is 0 Å². The van der Waals surface area contributed by atoms with Gasteiger partial charge in [0.1, 0.15) is 11.4 Å². The van der Waals surface area contributed by atoms with E-state index < -0.39 is 0 Å². The minimum absolute atomic E-state index is 0.0477. The van der Waals surface area contributed by atoms with Gasteiger partial charge in [-0.1, -0.05) is 0 Å². The first kappa shape index (κ1) is 11.3. The third kappa shape index (κ3) is 1.71. The normalized spacial score (nSPS) is 17.9. The van der Waals surface area contributed by atoms with Gasteiger partial charge in [0.25, 0.3) is 5.91 Å². The van der Waals surface area contributed by atoms with Crippen molar-refractivity contribution in [1.29, 1.82) is 0 Å². The number of carbonyl (C=O) groups excluding carboxylic acids is 1. The number of hydrogen-bond acceptors (Lipinski definition) is 5. The third-order valence-electron chi connectivity index (χ3n) is 2.87. The first-order chi connectivity index (χ1) is 8.66. The van der Waals surface area contributed by atoms with Crippen molar-refractivity contribution < 1.29 is 9.53 Å². The molecule has 3 N–H and O–H groups in total. The number of halogens is 1. The van der Waals surface area contributed by atoms with Crippen LogP contribution < -0.4 is 20.7 Å². The highest BCUT2D eigenvalue weighted by Gasteiger charge is 2.24. The number of fused-ring (bicyclic) bond motifs is 1. The summed E-state index contributed by atoms with van der Waals surface area (Å²) >= 11 is 3.49. The number of guanidine groups is 1. The number of carbonyl (C=O) groups is 1. The summed E-state index contributed by atoms with van der Waals surface area (Å²) in [6, 6.07) is 3.72. The molecule has 0 saturated carbocycles. The lowest BCUT2D eigenvalue weighted by Crippen LogP contribution is -2.34. The Balaban J connectivity index is 2.05. The van der Waals surface area contributed by atoms with Crippen LogP contribution in [0, 0.1) is 0 Å². The number of aliphatic imine (C=N–C) groups is 1. The van der Waals surface area contributed by atoms with Crippen molar-refractivity contribution in [2.24, 2.45) is 10.7 Å². The number of rotatable bonds is 1. The van der Waals surface area contributed by atoms with Crippen LogP contribution in [0.3, 0.4) is 0 Å².